The van der Waals surface area contributed by atoms with Gasteiger partial charge in [-0.25, -0.2) is 4.99 Å². The molecule has 3 aliphatic heterocycles. The van der Waals surface area contributed by atoms with Gasteiger partial charge in [-0.2, -0.15) is 0 Å². The van der Waals surface area contributed by atoms with Gasteiger partial charge in [0.1, 0.15) is 5.75 Å². The minimum atomic E-state index is -0.0862. The fourth-order valence-corrected chi connectivity index (χ4v) is 6.50. The minimum Gasteiger partial charge on any atom is -0.497 e. The van der Waals surface area contributed by atoms with E-state index >= 15 is 0 Å². The van der Waals surface area contributed by atoms with Gasteiger partial charge in [-0.15, -0.1) is 0 Å². The quantitative estimate of drug-likeness (QED) is 0.335. The van der Waals surface area contributed by atoms with E-state index in [9.17, 15) is 0 Å². The summed E-state index contributed by atoms with van der Waals surface area (Å²) in [5, 5.41) is 4.61. The molecule has 0 saturated carbocycles. The van der Waals surface area contributed by atoms with Crippen LogP contribution in [0.4, 0.5) is 0 Å². The molecule has 0 aliphatic carbocycles. The van der Waals surface area contributed by atoms with E-state index in [1.807, 2.05) is 48.5 Å². The number of amidine groups is 1. The van der Waals surface area contributed by atoms with Crippen LogP contribution in [-0.2, 0) is 0 Å². The number of hydrogen-bond acceptors (Lipinski definition) is 5. The van der Waals surface area contributed by atoms with Gasteiger partial charge in [0, 0.05) is 28.5 Å². The van der Waals surface area contributed by atoms with Crippen LogP contribution < -0.4 is 4.74 Å². The Morgan fingerprint density at radius 2 is 1.68 bits per heavy atom. The Kier molecular flexibility index (Phi) is 6.63. The van der Waals surface area contributed by atoms with Crippen molar-refractivity contribution in [3.63, 3.8) is 0 Å². The van der Waals surface area contributed by atoms with Crippen molar-refractivity contribution in [1.29, 1.82) is 0 Å². The van der Waals surface area contributed by atoms with E-state index in [-0.39, 0.29) is 6.04 Å². The Morgan fingerprint density at radius 3 is 2.41 bits per heavy atom. The van der Waals surface area contributed by atoms with Crippen LogP contribution in [0.2, 0.25) is 10.0 Å². The molecule has 0 aromatic heterocycles. The molecular weight excluding hydrogens is 521 g/mol. The topological polar surface area (TPSA) is 28.1 Å². The van der Waals surface area contributed by atoms with Crippen LogP contribution in [0.15, 0.2) is 100 Å². The van der Waals surface area contributed by atoms with Crippen molar-refractivity contribution in [2.24, 2.45) is 4.99 Å². The van der Waals surface area contributed by atoms with Crippen LogP contribution in [0.5, 0.6) is 5.75 Å². The van der Waals surface area contributed by atoms with Gasteiger partial charge >= 0.3 is 0 Å². The van der Waals surface area contributed by atoms with Gasteiger partial charge in [-0.3, -0.25) is 4.90 Å². The number of fused-ring (bicyclic) bond motifs is 1. The first-order chi connectivity index (χ1) is 18.0. The normalized spacial score (nSPS) is 20.5. The van der Waals surface area contributed by atoms with E-state index in [1.54, 1.807) is 18.9 Å². The first-order valence-corrected chi connectivity index (χ1v) is 13.7. The first kappa shape index (κ1) is 24.4. The lowest BCUT2D eigenvalue weighted by molar-refractivity contribution is 0.344. The van der Waals surface area contributed by atoms with E-state index in [0.29, 0.717) is 0 Å². The van der Waals surface area contributed by atoms with Gasteiger partial charge in [0.2, 0.25) is 0 Å². The van der Waals surface area contributed by atoms with E-state index in [1.165, 1.54) is 5.57 Å². The zero-order valence-electron chi connectivity index (χ0n) is 20.5. The molecule has 3 heterocycles. The summed E-state index contributed by atoms with van der Waals surface area (Å²) in [6, 6.07) is 24.2. The van der Waals surface area contributed by atoms with Crippen LogP contribution in [0.25, 0.3) is 11.8 Å². The highest BCUT2D eigenvalue weighted by atomic mass is 35.5. The van der Waals surface area contributed by atoms with Crippen LogP contribution in [0, 0.1) is 0 Å². The standard InChI is InChI=1S/C30H25Cl2N3OS/c1-34-16-21(15-20-7-3-5-9-25(20)31)28-24(17-34)29(23-8-4-6-10-26(23)32)35-27(18-37-30(35)33-28)19-11-13-22(36-2)14-12-19/h3-15,18,29H,16-17H2,1-2H3/b21-15+/t29-/m1/s1. The minimum absolute atomic E-state index is 0.0862. The fraction of sp³-hybridized carbons (Fsp3) is 0.167. The number of aliphatic imine (C=N–C) groups is 1. The molecule has 0 saturated heterocycles. The number of thioether (sulfide) groups is 1. The van der Waals surface area contributed by atoms with Gasteiger partial charge in [0.25, 0.3) is 0 Å². The summed E-state index contributed by atoms with van der Waals surface area (Å²) in [6.07, 6.45) is 2.17. The first-order valence-electron chi connectivity index (χ1n) is 12.0. The summed E-state index contributed by atoms with van der Waals surface area (Å²) in [5.41, 5.74) is 7.69. The molecule has 0 amide bonds. The van der Waals surface area contributed by atoms with Gasteiger partial charge in [0.05, 0.1) is 24.5 Å². The molecular formula is C30H25Cl2N3OS. The molecule has 0 spiro atoms. The van der Waals surface area contributed by atoms with Gasteiger partial charge < -0.3 is 9.64 Å². The van der Waals surface area contributed by atoms with E-state index < -0.39 is 0 Å². The monoisotopic (exact) mass is 545 g/mol. The average Bonchev–Trinajstić information content (AvgIpc) is 3.33. The van der Waals surface area contributed by atoms with Crippen LogP contribution in [-0.4, -0.2) is 42.2 Å². The summed E-state index contributed by atoms with van der Waals surface area (Å²) in [6.45, 7) is 1.58. The van der Waals surface area contributed by atoms with Crippen LogP contribution >= 0.6 is 35.0 Å². The predicted octanol–water partition coefficient (Wildman–Crippen LogP) is 7.74. The van der Waals surface area contributed by atoms with E-state index in [0.717, 1.165) is 67.7 Å². The fourth-order valence-electron chi connectivity index (χ4n) is 5.15. The number of likely N-dealkylation sites (N-methyl/N-ethyl adjacent to an activating group) is 1. The maximum atomic E-state index is 6.86. The third-order valence-corrected chi connectivity index (χ3v) is 8.38. The van der Waals surface area contributed by atoms with Crippen molar-refractivity contribution in [3.8, 4) is 5.75 Å². The highest BCUT2D eigenvalue weighted by Crippen LogP contribution is 2.50. The number of nitrogens with zero attached hydrogens (tertiary/aromatic N) is 3. The van der Waals surface area contributed by atoms with Crippen molar-refractivity contribution >= 4 is 51.9 Å². The third-order valence-electron chi connectivity index (χ3n) is 6.85. The van der Waals surface area contributed by atoms with Crippen molar-refractivity contribution in [2.75, 3.05) is 27.2 Å². The van der Waals surface area contributed by atoms with E-state index in [4.69, 9.17) is 32.9 Å². The van der Waals surface area contributed by atoms with E-state index in [2.05, 4.69) is 52.6 Å². The molecule has 37 heavy (non-hydrogen) atoms. The lowest BCUT2D eigenvalue weighted by Gasteiger charge is -2.42. The molecule has 7 heteroatoms. The largest absolute Gasteiger partial charge is 0.497 e. The highest BCUT2D eigenvalue weighted by Gasteiger charge is 2.41. The van der Waals surface area contributed by atoms with Crippen LogP contribution in [0.3, 0.4) is 0 Å². The SMILES string of the molecule is COc1ccc(C2=CSC3=NC4=C(CN(C)C/C4=C\c4ccccc4Cl)[C@@H](c4ccccc4Cl)N23)cc1. The average molecular weight is 547 g/mol. The molecule has 0 N–H and O–H groups in total. The number of rotatable bonds is 4. The molecule has 3 aliphatic rings. The molecule has 0 unspecified atom stereocenters. The molecule has 3 aromatic rings. The van der Waals surface area contributed by atoms with Crippen molar-refractivity contribution in [3.05, 3.63) is 122 Å². The van der Waals surface area contributed by atoms with Crippen molar-refractivity contribution < 1.29 is 4.74 Å². The number of ether oxygens (including phenoxy) is 1. The lowest BCUT2D eigenvalue weighted by Crippen LogP contribution is -2.40. The number of hydrogen-bond donors (Lipinski definition) is 0. The molecule has 186 valence electrons. The molecule has 4 nitrogen and oxygen atoms in total. The second-order valence-corrected chi connectivity index (χ2v) is 10.9. The number of benzene rings is 3. The summed E-state index contributed by atoms with van der Waals surface area (Å²) in [7, 11) is 3.83. The van der Waals surface area contributed by atoms with Gasteiger partial charge in [-0.05, 0) is 77.4 Å². The van der Waals surface area contributed by atoms with Gasteiger partial charge in [-0.1, -0.05) is 71.4 Å². The van der Waals surface area contributed by atoms with Crippen molar-refractivity contribution in [2.45, 2.75) is 6.04 Å². The second kappa shape index (κ2) is 10.1. The number of methoxy groups -OCH3 is 1. The molecule has 6 rings (SSSR count). The Labute approximate surface area is 231 Å². The summed E-state index contributed by atoms with van der Waals surface area (Å²) in [4.78, 5) is 9.91. The number of halogens is 2. The summed E-state index contributed by atoms with van der Waals surface area (Å²) < 4.78 is 5.39. The molecule has 0 bridgehead atoms. The molecule has 0 fully saturated rings. The lowest BCUT2D eigenvalue weighted by atomic mass is 9.88. The third kappa shape index (κ3) is 4.51. The van der Waals surface area contributed by atoms with Crippen LogP contribution in [0.1, 0.15) is 22.7 Å². The Morgan fingerprint density at radius 1 is 0.946 bits per heavy atom. The van der Waals surface area contributed by atoms with Crippen molar-refractivity contribution in [1.82, 2.24) is 9.80 Å². The zero-order chi connectivity index (χ0) is 25.5. The molecule has 1 atom stereocenters. The maximum Gasteiger partial charge on any atom is 0.174 e. The molecule has 3 aromatic carbocycles. The highest BCUT2D eigenvalue weighted by molar-refractivity contribution is 8.16. The Bertz CT molecular complexity index is 1490. The summed E-state index contributed by atoms with van der Waals surface area (Å²) in [5.74, 6) is 0.832. The molecule has 0 radical (unpaired) electrons. The summed E-state index contributed by atoms with van der Waals surface area (Å²) >= 11 is 15.0. The Balaban J connectivity index is 1.52. The second-order valence-electron chi connectivity index (χ2n) is 9.28. The zero-order valence-corrected chi connectivity index (χ0v) is 22.8. The Hall–Kier alpha value is -2.96. The predicted molar refractivity (Wildman–Crippen MR) is 156 cm³/mol. The maximum absolute atomic E-state index is 6.86. The van der Waals surface area contributed by atoms with Gasteiger partial charge in [0.15, 0.2) is 5.17 Å². The smallest absolute Gasteiger partial charge is 0.174 e.